The normalized spacial score (nSPS) is 9.94. The smallest absolute Gasteiger partial charge is 0.224 e. The molecular weight excluding hydrogens is 226 g/mol. The summed E-state index contributed by atoms with van der Waals surface area (Å²) in [5, 5.41) is 2.27. The van der Waals surface area contributed by atoms with Crippen molar-refractivity contribution in [3.05, 3.63) is 29.3 Å². The van der Waals surface area contributed by atoms with Crippen LogP contribution in [0.4, 0.5) is 5.69 Å². The highest BCUT2D eigenvalue weighted by Gasteiger charge is 2.07. The number of aryl methyl sites for hydroxylation is 1. The summed E-state index contributed by atoms with van der Waals surface area (Å²) in [7, 11) is 0. The minimum atomic E-state index is -0.490. The maximum atomic E-state index is 11.5. The number of hydrogen-bond acceptors (Lipinski definition) is 2. The lowest BCUT2D eigenvalue weighted by atomic mass is 10.1. The van der Waals surface area contributed by atoms with Gasteiger partial charge in [-0.1, -0.05) is 12.1 Å². The fourth-order valence-electron chi connectivity index (χ4n) is 1.31. The second-order valence-corrected chi connectivity index (χ2v) is 4.07. The number of carbonyl (C=O) groups is 2. The second kappa shape index (κ2) is 5.66. The van der Waals surface area contributed by atoms with Gasteiger partial charge in [-0.3, -0.25) is 9.59 Å². The molecule has 0 fully saturated rings. The maximum absolute atomic E-state index is 11.5. The van der Waals surface area contributed by atoms with Crippen LogP contribution < -0.4 is 5.32 Å². The van der Waals surface area contributed by atoms with E-state index in [0.29, 0.717) is 0 Å². The zero-order valence-corrected chi connectivity index (χ0v) is 10.1. The van der Waals surface area contributed by atoms with Crippen LogP contribution in [0.2, 0.25) is 0 Å². The first-order valence-corrected chi connectivity index (χ1v) is 5.43. The van der Waals surface area contributed by atoms with Crippen LogP contribution in [0.25, 0.3) is 0 Å². The van der Waals surface area contributed by atoms with Crippen LogP contribution in [-0.4, -0.2) is 11.1 Å². The summed E-state index contributed by atoms with van der Waals surface area (Å²) >= 11 is 5.16. The molecule has 0 aliphatic carbocycles. The van der Waals surface area contributed by atoms with Crippen LogP contribution >= 0.6 is 11.6 Å². The Hall–Kier alpha value is -1.35. The van der Waals surface area contributed by atoms with Gasteiger partial charge in [0.05, 0.1) is 0 Å². The Balaban J connectivity index is 2.63. The molecule has 0 heterocycles. The van der Waals surface area contributed by atoms with E-state index in [-0.39, 0.29) is 18.7 Å². The predicted molar refractivity (Wildman–Crippen MR) is 64.6 cm³/mol. The van der Waals surface area contributed by atoms with Gasteiger partial charge in [-0.25, -0.2) is 0 Å². The van der Waals surface area contributed by atoms with Gasteiger partial charge < -0.3 is 5.32 Å². The summed E-state index contributed by atoms with van der Waals surface area (Å²) in [5.74, 6) is -0.192. The third-order valence-corrected chi connectivity index (χ3v) is 2.62. The molecule has 1 aromatic carbocycles. The Kier molecular flexibility index (Phi) is 4.50. The van der Waals surface area contributed by atoms with E-state index in [1.165, 1.54) is 0 Å². The molecule has 4 heteroatoms. The lowest BCUT2D eigenvalue weighted by Crippen LogP contribution is -2.13. The number of hydrogen-bond donors (Lipinski definition) is 1. The molecule has 0 aromatic heterocycles. The van der Waals surface area contributed by atoms with Crippen molar-refractivity contribution in [2.45, 2.75) is 26.7 Å². The molecule has 0 aliphatic rings. The third kappa shape index (κ3) is 3.66. The fourth-order valence-corrected chi connectivity index (χ4v) is 1.41. The third-order valence-electron chi connectivity index (χ3n) is 2.43. The molecular formula is C12H14ClNO2. The summed E-state index contributed by atoms with van der Waals surface area (Å²) in [6.07, 6.45) is 0.188. The van der Waals surface area contributed by atoms with Crippen molar-refractivity contribution >= 4 is 28.4 Å². The molecule has 1 amide bonds. The molecule has 0 bridgehead atoms. The van der Waals surface area contributed by atoms with Crippen LogP contribution in [0.3, 0.4) is 0 Å². The molecule has 0 unspecified atom stereocenters. The molecule has 0 aliphatic heterocycles. The Morgan fingerprint density at radius 3 is 2.56 bits per heavy atom. The minimum absolute atomic E-state index is 0.0677. The number of amides is 1. The lowest BCUT2D eigenvalue weighted by Gasteiger charge is -2.09. The van der Waals surface area contributed by atoms with Crippen LogP contribution in [0.15, 0.2) is 18.2 Å². The zero-order chi connectivity index (χ0) is 12.1. The highest BCUT2D eigenvalue weighted by atomic mass is 35.5. The first-order chi connectivity index (χ1) is 7.50. The topological polar surface area (TPSA) is 46.2 Å². The fraction of sp³-hybridized carbons (Fsp3) is 0.333. The average Bonchev–Trinajstić information content (AvgIpc) is 2.22. The van der Waals surface area contributed by atoms with Crippen molar-refractivity contribution < 1.29 is 9.59 Å². The first kappa shape index (κ1) is 12.7. The van der Waals surface area contributed by atoms with Gasteiger partial charge in [0.2, 0.25) is 11.1 Å². The van der Waals surface area contributed by atoms with E-state index in [4.69, 9.17) is 11.6 Å². The van der Waals surface area contributed by atoms with Crippen LogP contribution in [0.1, 0.15) is 24.0 Å². The van der Waals surface area contributed by atoms with Gasteiger partial charge in [0, 0.05) is 18.5 Å². The summed E-state index contributed by atoms with van der Waals surface area (Å²) < 4.78 is 0. The summed E-state index contributed by atoms with van der Waals surface area (Å²) in [6, 6.07) is 5.70. The van der Waals surface area contributed by atoms with Crippen molar-refractivity contribution in [3.63, 3.8) is 0 Å². The van der Waals surface area contributed by atoms with E-state index < -0.39 is 5.24 Å². The molecule has 16 heavy (non-hydrogen) atoms. The molecule has 86 valence electrons. The maximum Gasteiger partial charge on any atom is 0.224 e. The molecule has 1 aromatic rings. The Labute approximate surface area is 99.8 Å². The van der Waals surface area contributed by atoms with Gasteiger partial charge in [-0.2, -0.15) is 0 Å². The highest BCUT2D eigenvalue weighted by Crippen LogP contribution is 2.18. The van der Waals surface area contributed by atoms with Gasteiger partial charge in [-0.05, 0) is 42.6 Å². The van der Waals surface area contributed by atoms with E-state index in [0.717, 1.165) is 16.8 Å². The van der Waals surface area contributed by atoms with Crippen LogP contribution in [0, 0.1) is 13.8 Å². The predicted octanol–water partition coefficient (Wildman–Crippen LogP) is 2.79. The van der Waals surface area contributed by atoms with Crippen molar-refractivity contribution in [3.8, 4) is 0 Å². The second-order valence-electron chi connectivity index (χ2n) is 3.65. The van der Waals surface area contributed by atoms with Gasteiger partial charge in [0.15, 0.2) is 0 Å². The van der Waals surface area contributed by atoms with E-state index in [1.807, 2.05) is 32.0 Å². The number of anilines is 1. The number of rotatable bonds is 4. The van der Waals surface area contributed by atoms with Gasteiger partial charge in [-0.15, -0.1) is 0 Å². The number of halogens is 1. The Bertz CT molecular complexity index is 415. The zero-order valence-electron chi connectivity index (χ0n) is 9.34. The first-order valence-electron chi connectivity index (χ1n) is 5.05. The van der Waals surface area contributed by atoms with Crippen molar-refractivity contribution in [2.24, 2.45) is 0 Å². The molecule has 1 N–H and O–H groups in total. The molecule has 0 spiro atoms. The minimum Gasteiger partial charge on any atom is -0.326 e. The average molecular weight is 240 g/mol. The molecule has 3 nitrogen and oxygen atoms in total. The van der Waals surface area contributed by atoms with Crippen LogP contribution in [-0.2, 0) is 9.59 Å². The van der Waals surface area contributed by atoms with E-state index >= 15 is 0 Å². The van der Waals surface area contributed by atoms with Crippen LogP contribution in [0.5, 0.6) is 0 Å². The molecule has 0 atom stereocenters. The SMILES string of the molecule is Cc1cccc(NC(=O)CCC(=O)Cl)c1C. The van der Waals surface area contributed by atoms with Gasteiger partial charge >= 0.3 is 0 Å². The Morgan fingerprint density at radius 1 is 1.25 bits per heavy atom. The van der Waals surface area contributed by atoms with Crippen molar-refractivity contribution in [2.75, 3.05) is 5.32 Å². The van der Waals surface area contributed by atoms with Crippen molar-refractivity contribution in [1.82, 2.24) is 0 Å². The monoisotopic (exact) mass is 239 g/mol. The standard InChI is InChI=1S/C12H14ClNO2/c1-8-4-3-5-10(9(8)2)14-12(16)7-6-11(13)15/h3-5H,6-7H2,1-2H3,(H,14,16). The number of nitrogens with one attached hydrogen (secondary N) is 1. The van der Waals surface area contributed by atoms with E-state index in [9.17, 15) is 9.59 Å². The van der Waals surface area contributed by atoms with Crippen molar-refractivity contribution in [1.29, 1.82) is 0 Å². The Morgan fingerprint density at radius 2 is 1.94 bits per heavy atom. The van der Waals surface area contributed by atoms with Gasteiger partial charge in [0.25, 0.3) is 0 Å². The number of carbonyl (C=O) groups excluding carboxylic acids is 2. The summed E-state index contributed by atoms with van der Waals surface area (Å²) in [6.45, 7) is 3.92. The molecule has 0 radical (unpaired) electrons. The highest BCUT2D eigenvalue weighted by molar-refractivity contribution is 6.63. The van der Waals surface area contributed by atoms with Gasteiger partial charge in [0.1, 0.15) is 0 Å². The van der Waals surface area contributed by atoms with E-state index in [1.54, 1.807) is 0 Å². The quantitative estimate of drug-likeness (QED) is 0.822. The molecule has 0 saturated heterocycles. The number of benzene rings is 1. The van der Waals surface area contributed by atoms with E-state index in [2.05, 4.69) is 5.32 Å². The summed E-state index contributed by atoms with van der Waals surface area (Å²) in [4.78, 5) is 22.0. The largest absolute Gasteiger partial charge is 0.326 e. The molecule has 0 saturated carbocycles. The molecule has 1 rings (SSSR count). The lowest BCUT2D eigenvalue weighted by molar-refractivity contribution is -0.119. The summed E-state index contributed by atoms with van der Waals surface area (Å²) in [5.41, 5.74) is 2.94.